The van der Waals surface area contributed by atoms with E-state index in [2.05, 4.69) is 9.60 Å². The third-order valence-electron chi connectivity index (χ3n) is 8.29. The summed E-state index contributed by atoms with van der Waals surface area (Å²) in [6, 6.07) is 24.6. The van der Waals surface area contributed by atoms with Gasteiger partial charge in [0.15, 0.2) is 11.9 Å². The van der Waals surface area contributed by atoms with Crippen molar-refractivity contribution in [2.75, 3.05) is 13.7 Å². The molecule has 0 spiro atoms. The van der Waals surface area contributed by atoms with E-state index < -0.39 is 46.0 Å². The van der Waals surface area contributed by atoms with Gasteiger partial charge >= 0.3 is 46.0 Å². The van der Waals surface area contributed by atoms with Gasteiger partial charge in [-0.2, -0.15) is 18.2 Å². The van der Waals surface area contributed by atoms with Gasteiger partial charge in [-0.1, -0.05) is 78.9 Å². The van der Waals surface area contributed by atoms with Gasteiger partial charge in [0.2, 0.25) is 11.3 Å². The third-order valence-corrected chi connectivity index (χ3v) is 8.64. The summed E-state index contributed by atoms with van der Waals surface area (Å²) >= 11 is 0. The van der Waals surface area contributed by atoms with E-state index in [-0.39, 0.29) is 60.7 Å². The second kappa shape index (κ2) is 16.1. The Kier molecular flexibility index (Phi) is 11.9. The summed E-state index contributed by atoms with van der Waals surface area (Å²) in [7, 11) is -3.41. The fraction of sp³-hybridized carbons (Fsp3) is 0.229. The van der Waals surface area contributed by atoms with Crippen molar-refractivity contribution < 1.29 is 41.2 Å². The molecule has 2 bridgehead atoms. The van der Waals surface area contributed by atoms with Crippen molar-refractivity contribution in [1.82, 2.24) is 20.0 Å². The monoisotopic (exact) mass is 726 g/mol. The zero-order valence-corrected chi connectivity index (χ0v) is 27.9. The number of ether oxygens (including phenoxy) is 2. The Morgan fingerprint density at radius 1 is 0.980 bits per heavy atom. The third kappa shape index (κ3) is 8.81. The van der Waals surface area contributed by atoms with E-state index in [0.29, 0.717) is 16.4 Å². The van der Waals surface area contributed by atoms with Crippen LogP contribution in [0.4, 0.5) is 4.79 Å². The number of carbonyl (C=O) groups excluding carboxylic acids is 2. The van der Waals surface area contributed by atoms with E-state index in [1.54, 1.807) is 26.2 Å². The number of urea groups is 1. The fourth-order valence-electron chi connectivity index (χ4n) is 5.74. The average molecular weight is 727 g/mol. The van der Waals surface area contributed by atoms with Crippen molar-refractivity contribution in [3.05, 3.63) is 141 Å². The number of methoxy groups -OCH3 is 1. The molecule has 2 atom stereocenters. The Morgan fingerprint density at radius 2 is 1.61 bits per heavy atom. The molecule has 3 heterocycles. The predicted molar refractivity (Wildman–Crippen MR) is 186 cm³/mol. The molecular weight excluding hydrogens is 691 g/mol. The van der Waals surface area contributed by atoms with E-state index in [1.165, 1.54) is 23.1 Å². The minimum absolute atomic E-state index is 0. The number of rotatable bonds is 13. The Bertz CT molecular complexity index is 2020. The summed E-state index contributed by atoms with van der Waals surface area (Å²) < 4.78 is 48.9. The zero-order valence-electron chi connectivity index (χ0n) is 27.0. The maximum absolute atomic E-state index is 13.5. The predicted octanol–water partition coefficient (Wildman–Crippen LogP) is 2.79. The van der Waals surface area contributed by atoms with Crippen LogP contribution in [0.25, 0.3) is 0 Å². The molecule has 0 radical (unpaired) electrons. The Labute approximate surface area is 316 Å². The molecular formula is C35H35N4NaO10S. The van der Waals surface area contributed by atoms with Crippen LogP contribution in [0.15, 0.2) is 114 Å². The molecule has 6 rings (SSSR count). The summed E-state index contributed by atoms with van der Waals surface area (Å²) in [4.78, 5) is 47.6. The van der Waals surface area contributed by atoms with Gasteiger partial charge in [0.1, 0.15) is 24.4 Å². The normalized spacial score (nSPS) is 16.7. The number of nitrogens with one attached hydrogen (secondary N) is 1. The van der Waals surface area contributed by atoms with Gasteiger partial charge in [-0.25, -0.2) is 4.79 Å². The molecule has 1 aromatic heterocycles. The van der Waals surface area contributed by atoms with Crippen LogP contribution in [-0.4, -0.2) is 94.9 Å². The van der Waals surface area contributed by atoms with Crippen LogP contribution in [-0.2, 0) is 32.6 Å². The number of fused-ring (bicyclic) bond motifs is 2. The number of hydrogen-bond acceptors (Lipinski definition) is 9. The number of carbonyl (C=O) groups is 2. The first-order valence-corrected chi connectivity index (χ1v) is 16.9. The molecule has 1 saturated heterocycles. The maximum atomic E-state index is 13.5. The van der Waals surface area contributed by atoms with E-state index in [1.807, 2.05) is 72.8 Å². The van der Waals surface area contributed by atoms with Crippen molar-refractivity contribution in [3.8, 4) is 11.5 Å². The van der Waals surface area contributed by atoms with Gasteiger partial charge in [0.25, 0.3) is 0 Å². The second-order valence-corrected chi connectivity index (χ2v) is 12.6. The Hall–Kier alpha value is -4.64. The van der Waals surface area contributed by atoms with E-state index >= 15 is 0 Å². The quantitative estimate of drug-likeness (QED) is 0.119. The molecule has 262 valence electrons. The van der Waals surface area contributed by atoms with Gasteiger partial charge in [-0.15, -0.1) is 4.28 Å². The number of aromatic nitrogens is 1. The molecule has 4 aromatic rings. The molecule has 0 aliphatic carbocycles. The molecule has 3 amide bonds. The average Bonchev–Trinajstić information content (AvgIpc) is 3.38. The first-order chi connectivity index (χ1) is 24.0. The topological polar surface area (TPSA) is 166 Å². The summed E-state index contributed by atoms with van der Waals surface area (Å²) in [6.45, 7) is 1.47. The number of nitrogens with zero attached hydrogens (tertiary/aromatic N) is 3. The van der Waals surface area contributed by atoms with Gasteiger partial charge in [-0.3, -0.25) is 14.1 Å². The zero-order chi connectivity index (χ0) is 35.4. The molecule has 1 fully saturated rings. The van der Waals surface area contributed by atoms with Crippen LogP contribution in [0.5, 0.6) is 11.5 Å². The van der Waals surface area contributed by atoms with E-state index in [4.69, 9.17) is 18.9 Å². The molecule has 2 N–H and O–H groups in total. The number of pyridine rings is 1. The number of hydroxylamine groups is 2. The molecule has 2 aliphatic heterocycles. The molecule has 51 heavy (non-hydrogen) atoms. The minimum atomic E-state index is -4.98. The van der Waals surface area contributed by atoms with Gasteiger partial charge in [0, 0.05) is 6.07 Å². The van der Waals surface area contributed by atoms with Crippen molar-refractivity contribution in [2.24, 2.45) is 0 Å². The van der Waals surface area contributed by atoms with E-state index in [0.717, 1.165) is 21.6 Å². The van der Waals surface area contributed by atoms with Gasteiger partial charge in [-0.05, 0) is 41.3 Å². The molecule has 16 heteroatoms. The molecule has 2 aliphatic rings. The van der Waals surface area contributed by atoms with Crippen LogP contribution in [0.1, 0.15) is 35.4 Å². The van der Waals surface area contributed by atoms with Crippen LogP contribution >= 0.6 is 0 Å². The van der Waals surface area contributed by atoms with Gasteiger partial charge < -0.3 is 24.5 Å². The molecule has 14 nitrogen and oxygen atoms in total. The molecule has 3 aromatic carbocycles. The van der Waals surface area contributed by atoms with E-state index in [9.17, 15) is 22.8 Å². The number of hydrogen-bond donors (Lipinski definition) is 2. The summed E-state index contributed by atoms with van der Waals surface area (Å²) in [5.41, 5.74) is 2.76. The Morgan fingerprint density at radius 3 is 2.20 bits per heavy atom. The van der Waals surface area contributed by atoms with Crippen molar-refractivity contribution in [1.29, 1.82) is 0 Å². The summed E-state index contributed by atoms with van der Waals surface area (Å²) in [5.74, 6) is 0.0842. The van der Waals surface area contributed by atoms with Crippen molar-refractivity contribution in [2.45, 2.75) is 38.3 Å². The molecule has 0 saturated carbocycles. The van der Waals surface area contributed by atoms with Crippen molar-refractivity contribution >= 4 is 51.9 Å². The first-order valence-electron chi connectivity index (χ1n) is 15.5. The number of amides is 3. The fourth-order valence-corrected chi connectivity index (χ4v) is 6.11. The Balaban J connectivity index is 0.00000504. The van der Waals surface area contributed by atoms with Crippen molar-refractivity contribution in [3.63, 3.8) is 0 Å². The van der Waals surface area contributed by atoms with Crippen LogP contribution in [0.3, 0.4) is 0 Å². The van der Waals surface area contributed by atoms with Crippen LogP contribution < -0.4 is 25.1 Å². The van der Waals surface area contributed by atoms with Crippen LogP contribution in [0.2, 0.25) is 0 Å². The molecule has 0 unspecified atom stereocenters. The summed E-state index contributed by atoms with van der Waals surface area (Å²) in [5, 5.41) is 3.29. The number of benzene rings is 3. The standard InChI is InChI=1S/C35H34N4O10S.Na.H/c1-23-17-29(37-20-30(23)39(35(37)42)49-50(43,44)45)34(41)36-19-27-18-31(40)32(47-22-24-13-15-28(46-2)16-14-24)21-38(27)48-33(25-9-5-3-6-10-25)26-11-7-4-8-12-26;;/h3-18,21,29-30,33H,19-20,22H2,1-2H3,(H,36,41)(H,43,44,45);;/t29-,30-;;/m0../s1. The first kappa shape index (κ1) is 37.6. The SMILES string of the molecule is COc1ccc(COc2cn(OC(c3ccccc3)c3ccccc3)c(CNC(=O)[C@@H]3C=C(C)[C@@H]4CN3C(=O)N4OS(=O)(=O)O)cc2=O)cc1.[NaH]. The van der Waals surface area contributed by atoms with Crippen LogP contribution in [0, 0.1) is 0 Å². The second-order valence-electron chi connectivity index (χ2n) is 11.6. The summed E-state index contributed by atoms with van der Waals surface area (Å²) in [6.07, 6.45) is 2.31. The van der Waals surface area contributed by atoms with Gasteiger partial charge in [0.05, 0.1) is 32.1 Å².